The molecule has 0 radical (unpaired) electrons. The van der Waals surface area contributed by atoms with E-state index in [4.69, 9.17) is 11.6 Å². The Balaban J connectivity index is 2.14. The Morgan fingerprint density at radius 3 is 2.82 bits per heavy atom. The number of rotatable bonds is 4. The van der Waals surface area contributed by atoms with Crippen LogP contribution in [0, 0.1) is 0 Å². The first-order chi connectivity index (χ1) is 5.20. The van der Waals surface area contributed by atoms with Gasteiger partial charge in [0.05, 0.1) is 0 Å². The van der Waals surface area contributed by atoms with Crippen LogP contribution in [0.5, 0.6) is 0 Å². The molecule has 0 amide bonds. The van der Waals surface area contributed by atoms with Crippen LogP contribution in [0.25, 0.3) is 0 Å². The molecule has 0 aromatic rings. The molecule has 0 aliphatic heterocycles. The molecule has 0 aromatic carbocycles. The molecule has 11 heavy (non-hydrogen) atoms. The van der Waals surface area contributed by atoms with Crippen molar-refractivity contribution in [2.24, 2.45) is 0 Å². The number of likely N-dealkylation sites (N-methyl/N-ethyl adjacent to an activating group) is 1. The average Bonchev–Trinajstić information content (AvgIpc) is 2.66. The number of hydrogen-bond acceptors (Lipinski definition) is 2. The third-order valence-corrected chi connectivity index (χ3v) is 1.94. The fourth-order valence-corrected chi connectivity index (χ4v) is 1.07. The van der Waals surface area contributed by atoms with Crippen LogP contribution >= 0.6 is 11.6 Å². The molecule has 1 fully saturated rings. The van der Waals surface area contributed by atoms with Crippen LogP contribution in [-0.2, 0) is 4.79 Å². The minimum absolute atomic E-state index is 0.394. The second-order valence-electron chi connectivity index (χ2n) is 2.88. The highest BCUT2D eigenvalue weighted by Crippen LogP contribution is 2.24. The van der Waals surface area contributed by atoms with Gasteiger partial charge in [-0.3, -0.25) is 9.69 Å². The monoisotopic (exact) mass is 173 g/mol. The Morgan fingerprint density at radius 2 is 2.36 bits per heavy atom. The first kappa shape index (κ1) is 8.75. The molecule has 62 valence electrons. The van der Waals surface area contributed by atoms with Gasteiger partial charge in [0.1, 0.15) is 0 Å². The molecule has 0 bridgehead atoms. The Bertz CT molecular complexity index is 175. The number of carbonyl (C=O) groups is 1. The van der Waals surface area contributed by atoms with Gasteiger partial charge < -0.3 is 0 Å². The van der Waals surface area contributed by atoms with E-state index < -0.39 is 5.24 Å². The summed E-state index contributed by atoms with van der Waals surface area (Å²) < 4.78 is 0. The fourth-order valence-electron chi connectivity index (χ4n) is 0.976. The molecule has 1 rings (SSSR count). The van der Waals surface area contributed by atoms with Gasteiger partial charge in [0, 0.05) is 12.6 Å². The normalized spacial score (nSPS) is 18.1. The number of halogens is 1. The summed E-state index contributed by atoms with van der Waals surface area (Å²) in [5.41, 5.74) is 0. The van der Waals surface area contributed by atoms with Gasteiger partial charge in [-0.05, 0) is 37.6 Å². The second-order valence-corrected chi connectivity index (χ2v) is 3.25. The Kier molecular flexibility index (Phi) is 3.09. The van der Waals surface area contributed by atoms with Crippen LogP contribution in [0.1, 0.15) is 12.8 Å². The summed E-state index contributed by atoms with van der Waals surface area (Å²) in [6.45, 7) is 0.823. The summed E-state index contributed by atoms with van der Waals surface area (Å²) in [5.74, 6) is 0. The fraction of sp³-hybridized carbons (Fsp3) is 0.625. The molecule has 0 spiro atoms. The van der Waals surface area contributed by atoms with Gasteiger partial charge in [0.2, 0.25) is 5.24 Å². The summed E-state index contributed by atoms with van der Waals surface area (Å²) in [6.07, 6.45) is 5.78. The lowest BCUT2D eigenvalue weighted by atomic mass is 10.4. The van der Waals surface area contributed by atoms with Crippen LogP contribution in [0.2, 0.25) is 0 Å². The number of hydrogen-bond donors (Lipinski definition) is 0. The zero-order valence-corrected chi connectivity index (χ0v) is 7.34. The standard InChI is InChI=1S/C8H12ClNO/c1-10(7-4-5-7)6-2-3-8(9)11/h2-3,7H,4-6H2,1H3. The van der Waals surface area contributed by atoms with E-state index in [-0.39, 0.29) is 0 Å². The molecule has 1 aliphatic rings. The Hall–Kier alpha value is -0.340. The Labute approximate surface area is 71.8 Å². The van der Waals surface area contributed by atoms with E-state index in [1.165, 1.54) is 18.9 Å². The molecule has 0 atom stereocenters. The van der Waals surface area contributed by atoms with E-state index in [9.17, 15) is 4.79 Å². The first-order valence-electron chi connectivity index (χ1n) is 3.76. The maximum absolute atomic E-state index is 10.3. The molecule has 2 nitrogen and oxygen atoms in total. The van der Waals surface area contributed by atoms with Crippen LogP contribution in [-0.4, -0.2) is 29.8 Å². The summed E-state index contributed by atoms with van der Waals surface area (Å²) in [4.78, 5) is 12.5. The molecule has 3 heteroatoms. The molecular formula is C8H12ClNO. The number of carbonyl (C=O) groups excluding carboxylic acids is 1. The molecule has 0 aromatic heterocycles. The van der Waals surface area contributed by atoms with Crippen molar-refractivity contribution >= 4 is 16.8 Å². The van der Waals surface area contributed by atoms with Crippen LogP contribution < -0.4 is 0 Å². The maximum Gasteiger partial charge on any atom is 0.244 e. The van der Waals surface area contributed by atoms with Crippen LogP contribution in [0.4, 0.5) is 0 Å². The summed E-state index contributed by atoms with van der Waals surface area (Å²) in [6, 6.07) is 0.741. The third-order valence-electron chi connectivity index (χ3n) is 1.81. The van der Waals surface area contributed by atoms with Crippen molar-refractivity contribution in [2.45, 2.75) is 18.9 Å². The smallest absolute Gasteiger partial charge is 0.244 e. The molecule has 0 unspecified atom stereocenters. The average molecular weight is 174 g/mol. The summed E-state index contributed by atoms with van der Waals surface area (Å²) >= 11 is 5.11. The van der Waals surface area contributed by atoms with E-state index >= 15 is 0 Å². The number of allylic oxidation sites excluding steroid dienone is 1. The minimum Gasteiger partial charge on any atom is -0.300 e. The van der Waals surface area contributed by atoms with Crippen molar-refractivity contribution in [3.8, 4) is 0 Å². The van der Waals surface area contributed by atoms with Crippen molar-refractivity contribution < 1.29 is 4.79 Å². The summed E-state index contributed by atoms with van der Waals surface area (Å²) in [7, 11) is 2.06. The third kappa shape index (κ3) is 3.54. The quantitative estimate of drug-likeness (QED) is 0.473. The summed E-state index contributed by atoms with van der Waals surface area (Å²) in [5, 5.41) is -0.394. The molecule has 1 aliphatic carbocycles. The predicted molar refractivity (Wildman–Crippen MR) is 45.7 cm³/mol. The zero-order valence-electron chi connectivity index (χ0n) is 6.59. The van der Waals surface area contributed by atoms with Gasteiger partial charge in [-0.2, -0.15) is 0 Å². The van der Waals surface area contributed by atoms with Gasteiger partial charge >= 0.3 is 0 Å². The highest BCUT2D eigenvalue weighted by Gasteiger charge is 2.24. The molecule has 0 saturated heterocycles. The van der Waals surface area contributed by atoms with E-state index in [0.29, 0.717) is 0 Å². The molecule has 1 saturated carbocycles. The van der Waals surface area contributed by atoms with Gasteiger partial charge in [-0.1, -0.05) is 6.08 Å². The molecule has 0 heterocycles. The second kappa shape index (κ2) is 3.88. The maximum atomic E-state index is 10.3. The Morgan fingerprint density at radius 1 is 1.73 bits per heavy atom. The zero-order chi connectivity index (χ0) is 8.27. The van der Waals surface area contributed by atoms with Crippen molar-refractivity contribution in [3.05, 3.63) is 12.2 Å². The number of nitrogens with zero attached hydrogens (tertiary/aromatic N) is 1. The lowest BCUT2D eigenvalue weighted by Crippen LogP contribution is -2.20. The van der Waals surface area contributed by atoms with E-state index in [0.717, 1.165) is 12.6 Å². The van der Waals surface area contributed by atoms with E-state index in [1.807, 2.05) is 0 Å². The SMILES string of the molecule is CN(CC=CC(=O)Cl)C1CC1. The predicted octanol–water partition coefficient (Wildman–Crippen LogP) is 1.40. The minimum atomic E-state index is -0.394. The van der Waals surface area contributed by atoms with Crippen molar-refractivity contribution in [3.63, 3.8) is 0 Å². The topological polar surface area (TPSA) is 20.3 Å². The van der Waals surface area contributed by atoms with Crippen LogP contribution in [0.15, 0.2) is 12.2 Å². The van der Waals surface area contributed by atoms with E-state index in [2.05, 4.69) is 11.9 Å². The van der Waals surface area contributed by atoms with Crippen molar-refractivity contribution in [1.29, 1.82) is 0 Å². The van der Waals surface area contributed by atoms with Gasteiger partial charge in [0.15, 0.2) is 0 Å². The van der Waals surface area contributed by atoms with Crippen molar-refractivity contribution in [1.82, 2.24) is 4.90 Å². The highest BCUT2D eigenvalue weighted by atomic mass is 35.5. The van der Waals surface area contributed by atoms with Gasteiger partial charge in [-0.25, -0.2) is 0 Å². The molecular weight excluding hydrogens is 162 g/mol. The lowest BCUT2D eigenvalue weighted by Gasteiger charge is -2.11. The van der Waals surface area contributed by atoms with Gasteiger partial charge in [-0.15, -0.1) is 0 Å². The first-order valence-corrected chi connectivity index (χ1v) is 4.14. The largest absolute Gasteiger partial charge is 0.300 e. The van der Waals surface area contributed by atoms with Crippen molar-refractivity contribution in [2.75, 3.05) is 13.6 Å². The highest BCUT2D eigenvalue weighted by molar-refractivity contribution is 6.66. The van der Waals surface area contributed by atoms with E-state index in [1.54, 1.807) is 6.08 Å². The molecule has 0 N–H and O–H groups in total. The van der Waals surface area contributed by atoms with Crippen LogP contribution in [0.3, 0.4) is 0 Å². The van der Waals surface area contributed by atoms with Gasteiger partial charge in [0.25, 0.3) is 0 Å². The lowest BCUT2D eigenvalue weighted by molar-refractivity contribution is -0.107.